The molecule has 1 saturated carbocycles. The van der Waals surface area contributed by atoms with Gasteiger partial charge in [-0.3, -0.25) is 4.79 Å². The van der Waals surface area contributed by atoms with E-state index in [1.807, 2.05) is 0 Å². The van der Waals surface area contributed by atoms with E-state index in [9.17, 15) is 4.79 Å². The summed E-state index contributed by atoms with van der Waals surface area (Å²) in [6, 6.07) is 0.510. The van der Waals surface area contributed by atoms with Crippen LogP contribution in [0.4, 0.5) is 0 Å². The first-order valence-electron chi connectivity index (χ1n) is 7.29. The summed E-state index contributed by atoms with van der Waals surface area (Å²) in [6.45, 7) is 3.73. The molecular weight excluding hydrogens is 212 g/mol. The monoisotopic (exact) mass is 240 g/mol. The SMILES string of the molecule is CCCCCC(=O)N(CCCN)C1CCCC1. The highest BCUT2D eigenvalue weighted by Crippen LogP contribution is 2.24. The Morgan fingerprint density at radius 3 is 2.53 bits per heavy atom. The zero-order valence-electron chi connectivity index (χ0n) is 11.3. The first-order chi connectivity index (χ1) is 8.29. The van der Waals surface area contributed by atoms with E-state index in [0.717, 1.165) is 25.8 Å². The van der Waals surface area contributed by atoms with E-state index in [-0.39, 0.29) is 0 Å². The van der Waals surface area contributed by atoms with Crippen LogP contribution in [0.15, 0.2) is 0 Å². The van der Waals surface area contributed by atoms with Crippen molar-refractivity contribution >= 4 is 5.91 Å². The first kappa shape index (κ1) is 14.5. The van der Waals surface area contributed by atoms with E-state index in [4.69, 9.17) is 5.73 Å². The molecule has 0 saturated heterocycles. The Kier molecular flexibility index (Phi) is 7.25. The molecule has 0 spiro atoms. The smallest absolute Gasteiger partial charge is 0.222 e. The number of unbranched alkanes of at least 4 members (excludes halogenated alkanes) is 2. The fraction of sp³-hybridized carbons (Fsp3) is 0.929. The van der Waals surface area contributed by atoms with Crippen LogP contribution in [-0.4, -0.2) is 29.9 Å². The van der Waals surface area contributed by atoms with E-state index in [1.54, 1.807) is 0 Å². The van der Waals surface area contributed by atoms with Crippen molar-refractivity contribution in [1.82, 2.24) is 4.90 Å². The van der Waals surface area contributed by atoms with Gasteiger partial charge >= 0.3 is 0 Å². The number of hydrogen-bond donors (Lipinski definition) is 1. The summed E-state index contributed by atoms with van der Waals surface area (Å²) in [5.74, 6) is 0.360. The van der Waals surface area contributed by atoms with Gasteiger partial charge in [0.05, 0.1) is 0 Å². The fourth-order valence-corrected chi connectivity index (χ4v) is 2.66. The quantitative estimate of drug-likeness (QED) is 0.663. The molecule has 0 bridgehead atoms. The highest BCUT2D eigenvalue weighted by Gasteiger charge is 2.25. The van der Waals surface area contributed by atoms with Gasteiger partial charge < -0.3 is 10.6 Å². The molecule has 1 fully saturated rings. The topological polar surface area (TPSA) is 46.3 Å². The number of amides is 1. The van der Waals surface area contributed by atoms with Crippen LogP contribution >= 0.6 is 0 Å². The lowest BCUT2D eigenvalue weighted by molar-refractivity contribution is -0.133. The molecule has 0 unspecified atom stereocenters. The van der Waals surface area contributed by atoms with Gasteiger partial charge in [0.15, 0.2) is 0 Å². The van der Waals surface area contributed by atoms with Gasteiger partial charge in [-0.2, -0.15) is 0 Å². The number of hydrogen-bond acceptors (Lipinski definition) is 2. The minimum atomic E-state index is 0.360. The highest BCUT2D eigenvalue weighted by molar-refractivity contribution is 5.76. The number of carbonyl (C=O) groups excluding carboxylic acids is 1. The number of rotatable bonds is 8. The lowest BCUT2D eigenvalue weighted by Crippen LogP contribution is -2.40. The lowest BCUT2D eigenvalue weighted by atomic mass is 10.1. The van der Waals surface area contributed by atoms with Crippen LogP contribution in [0.2, 0.25) is 0 Å². The Bertz CT molecular complexity index is 212. The van der Waals surface area contributed by atoms with Gasteiger partial charge in [0.2, 0.25) is 5.91 Å². The summed E-state index contributed by atoms with van der Waals surface area (Å²) >= 11 is 0. The molecule has 0 atom stereocenters. The summed E-state index contributed by atoms with van der Waals surface area (Å²) < 4.78 is 0. The van der Waals surface area contributed by atoms with Gasteiger partial charge in [0.25, 0.3) is 0 Å². The minimum Gasteiger partial charge on any atom is -0.340 e. The van der Waals surface area contributed by atoms with E-state index in [2.05, 4.69) is 11.8 Å². The van der Waals surface area contributed by atoms with Crippen LogP contribution < -0.4 is 5.73 Å². The molecule has 0 aromatic carbocycles. The summed E-state index contributed by atoms with van der Waals surface area (Å²) in [6.07, 6.45) is 10.0. The fourth-order valence-electron chi connectivity index (χ4n) is 2.66. The molecule has 1 amide bonds. The van der Waals surface area contributed by atoms with Crippen molar-refractivity contribution in [2.45, 2.75) is 70.8 Å². The summed E-state index contributed by atoms with van der Waals surface area (Å²) in [4.78, 5) is 14.3. The Balaban J connectivity index is 2.39. The maximum absolute atomic E-state index is 12.2. The summed E-state index contributed by atoms with van der Waals surface area (Å²) in [7, 11) is 0. The molecule has 2 N–H and O–H groups in total. The maximum atomic E-state index is 12.2. The molecule has 1 rings (SSSR count). The van der Waals surface area contributed by atoms with Gasteiger partial charge in [-0.25, -0.2) is 0 Å². The maximum Gasteiger partial charge on any atom is 0.222 e. The third-order valence-electron chi connectivity index (χ3n) is 3.68. The zero-order chi connectivity index (χ0) is 12.5. The van der Waals surface area contributed by atoms with Crippen molar-refractivity contribution in [2.75, 3.05) is 13.1 Å². The third-order valence-corrected chi connectivity index (χ3v) is 3.68. The zero-order valence-corrected chi connectivity index (χ0v) is 11.3. The molecule has 0 aliphatic heterocycles. The van der Waals surface area contributed by atoms with Crippen LogP contribution in [0.1, 0.15) is 64.7 Å². The average Bonchev–Trinajstić information content (AvgIpc) is 2.83. The van der Waals surface area contributed by atoms with Crippen LogP contribution in [0.3, 0.4) is 0 Å². The molecule has 3 nitrogen and oxygen atoms in total. The largest absolute Gasteiger partial charge is 0.340 e. The first-order valence-corrected chi connectivity index (χ1v) is 7.29. The summed E-state index contributed by atoms with van der Waals surface area (Å²) in [5.41, 5.74) is 5.56. The molecule has 0 aromatic heterocycles. The molecule has 1 aliphatic rings. The Morgan fingerprint density at radius 1 is 1.24 bits per heavy atom. The van der Waals surface area contributed by atoms with Gasteiger partial charge in [-0.15, -0.1) is 0 Å². The van der Waals surface area contributed by atoms with Crippen molar-refractivity contribution in [3.8, 4) is 0 Å². The van der Waals surface area contributed by atoms with Gasteiger partial charge in [-0.1, -0.05) is 32.6 Å². The second-order valence-electron chi connectivity index (χ2n) is 5.12. The van der Waals surface area contributed by atoms with E-state index >= 15 is 0 Å². The molecule has 1 aliphatic carbocycles. The normalized spacial score (nSPS) is 16.4. The van der Waals surface area contributed by atoms with E-state index in [0.29, 0.717) is 18.5 Å². The standard InChI is InChI=1S/C14H28N2O/c1-2-3-4-10-14(17)16(12-7-11-15)13-8-5-6-9-13/h13H,2-12,15H2,1H3. The van der Waals surface area contributed by atoms with Gasteiger partial charge in [-0.05, 0) is 32.2 Å². The van der Waals surface area contributed by atoms with Crippen molar-refractivity contribution in [3.63, 3.8) is 0 Å². The van der Waals surface area contributed by atoms with Gasteiger partial charge in [0, 0.05) is 19.0 Å². The van der Waals surface area contributed by atoms with Crippen LogP contribution in [0.5, 0.6) is 0 Å². The molecule has 0 aromatic rings. The Hall–Kier alpha value is -0.570. The predicted octanol–water partition coefficient (Wildman–Crippen LogP) is 2.69. The lowest BCUT2D eigenvalue weighted by Gasteiger charge is -2.29. The Morgan fingerprint density at radius 2 is 1.94 bits per heavy atom. The number of nitrogens with two attached hydrogens (primary N) is 1. The number of carbonyl (C=O) groups is 1. The minimum absolute atomic E-state index is 0.360. The third kappa shape index (κ3) is 5.07. The highest BCUT2D eigenvalue weighted by atomic mass is 16.2. The van der Waals surface area contributed by atoms with Crippen molar-refractivity contribution in [2.24, 2.45) is 5.73 Å². The Labute approximate surface area is 106 Å². The second-order valence-corrected chi connectivity index (χ2v) is 5.12. The summed E-state index contributed by atoms with van der Waals surface area (Å²) in [5, 5.41) is 0. The molecule has 0 heterocycles. The molecule has 17 heavy (non-hydrogen) atoms. The predicted molar refractivity (Wildman–Crippen MR) is 71.8 cm³/mol. The van der Waals surface area contributed by atoms with Crippen molar-refractivity contribution in [1.29, 1.82) is 0 Å². The second kappa shape index (κ2) is 8.51. The van der Waals surface area contributed by atoms with Crippen LogP contribution in [0, 0.1) is 0 Å². The molecule has 0 radical (unpaired) electrons. The molecule has 3 heteroatoms. The molecule has 100 valence electrons. The molecular formula is C14H28N2O. The van der Waals surface area contributed by atoms with Crippen molar-refractivity contribution < 1.29 is 4.79 Å². The van der Waals surface area contributed by atoms with E-state index in [1.165, 1.54) is 38.5 Å². The van der Waals surface area contributed by atoms with Crippen molar-refractivity contribution in [3.05, 3.63) is 0 Å². The van der Waals surface area contributed by atoms with Crippen LogP contribution in [-0.2, 0) is 4.79 Å². The van der Waals surface area contributed by atoms with Crippen LogP contribution in [0.25, 0.3) is 0 Å². The van der Waals surface area contributed by atoms with E-state index < -0.39 is 0 Å². The number of nitrogens with zero attached hydrogens (tertiary/aromatic N) is 1. The van der Waals surface area contributed by atoms with Gasteiger partial charge in [0.1, 0.15) is 0 Å². The average molecular weight is 240 g/mol.